The maximum Gasteiger partial charge on any atom is 0.306 e. The molecule has 0 saturated carbocycles. The summed E-state index contributed by atoms with van der Waals surface area (Å²) in [6.07, 6.45) is 53.7. The molecule has 66 heavy (non-hydrogen) atoms. The molecule has 0 aromatic heterocycles. The largest absolute Gasteiger partial charge is 0.462 e. The molecule has 2 unspecified atom stereocenters. The van der Waals surface area contributed by atoms with E-state index < -0.39 is 6.10 Å². The first kappa shape index (κ1) is 64.4. The standard InChI is InChI=1S/C60H116O6/c1-7-55(5)47-41-35-29-23-19-15-12-13-17-21-25-32-38-44-50-59(62)65-53-57(66-60(63)51-45-39-33-27-26-30-36-42-48-56(6)8-2)52-64-58(61)49-43-37-31-24-20-16-11-9-10-14-18-22-28-34-40-46-54(3)4/h54-57H,7-53H2,1-6H3/t55?,56?,57-/m1/s1. The molecular formula is C60H116O6. The first-order valence-electron chi connectivity index (χ1n) is 29.7. The Hall–Kier alpha value is -1.59. The average Bonchev–Trinajstić information content (AvgIpc) is 3.30. The molecule has 6 heteroatoms. The fourth-order valence-corrected chi connectivity index (χ4v) is 9.11. The summed E-state index contributed by atoms with van der Waals surface area (Å²) in [5.74, 6) is 1.75. The van der Waals surface area contributed by atoms with E-state index in [1.54, 1.807) is 0 Å². The third-order valence-electron chi connectivity index (χ3n) is 14.4. The van der Waals surface area contributed by atoms with Gasteiger partial charge in [0.1, 0.15) is 13.2 Å². The Morgan fingerprint density at radius 1 is 0.303 bits per heavy atom. The van der Waals surface area contributed by atoms with Crippen LogP contribution in [0, 0.1) is 17.8 Å². The van der Waals surface area contributed by atoms with E-state index in [1.165, 1.54) is 212 Å². The molecular weight excluding hydrogens is 817 g/mol. The summed E-state index contributed by atoms with van der Waals surface area (Å²) in [5, 5.41) is 0. The summed E-state index contributed by atoms with van der Waals surface area (Å²) in [6, 6.07) is 0. The van der Waals surface area contributed by atoms with Crippen molar-refractivity contribution in [3.8, 4) is 0 Å². The highest BCUT2D eigenvalue weighted by Gasteiger charge is 2.19. The molecule has 0 bridgehead atoms. The molecule has 0 radical (unpaired) electrons. The van der Waals surface area contributed by atoms with Crippen molar-refractivity contribution in [1.29, 1.82) is 0 Å². The van der Waals surface area contributed by atoms with Gasteiger partial charge in [0.05, 0.1) is 0 Å². The first-order chi connectivity index (χ1) is 32.2. The molecule has 392 valence electrons. The van der Waals surface area contributed by atoms with Crippen molar-refractivity contribution in [2.45, 2.75) is 337 Å². The highest BCUT2D eigenvalue weighted by Crippen LogP contribution is 2.19. The second-order valence-electron chi connectivity index (χ2n) is 21.6. The zero-order valence-corrected chi connectivity index (χ0v) is 45.5. The van der Waals surface area contributed by atoms with Crippen molar-refractivity contribution >= 4 is 17.9 Å². The lowest BCUT2D eigenvalue weighted by Crippen LogP contribution is -2.30. The van der Waals surface area contributed by atoms with Gasteiger partial charge in [-0.05, 0) is 37.0 Å². The summed E-state index contributed by atoms with van der Waals surface area (Å²) in [5.41, 5.74) is 0. The van der Waals surface area contributed by atoms with Crippen LogP contribution in [-0.2, 0) is 28.6 Å². The molecule has 6 nitrogen and oxygen atoms in total. The lowest BCUT2D eigenvalue weighted by Gasteiger charge is -2.18. The lowest BCUT2D eigenvalue weighted by atomic mass is 9.99. The van der Waals surface area contributed by atoms with Crippen LogP contribution in [0.1, 0.15) is 330 Å². The van der Waals surface area contributed by atoms with Crippen LogP contribution in [0.15, 0.2) is 0 Å². The van der Waals surface area contributed by atoms with Crippen molar-refractivity contribution in [3.05, 3.63) is 0 Å². The van der Waals surface area contributed by atoms with Gasteiger partial charge < -0.3 is 14.2 Å². The number of carbonyl (C=O) groups is 3. The van der Waals surface area contributed by atoms with Crippen LogP contribution in [0.5, 0.6) is 0 Å². The van der Waals surface area contributed by atoms with E-state index in [-0.39, 0.29) is 31.1 Å². The molecule has 0 aliphatic heterocycles. The predicted octanol–water partition coefficient (Wildman–Crippen LogP) is 19.5. The Bertz CT molecular complexity index is 1030. The van der Waals surface area contributed by atoms with Crippen molar-refractivity contribution in [3.63, 3.8) is 0 Å². The van der Waals surface area contributed by atoms with Gasteiger partial charge in [0.2, 0.25) is 0 Å². The fraction of sp³-hybridized carbons (Fsp3) is 0.950. The molecule has 3 atom stereocenters. The average molecular weight is 934 g/mol. The van der Waals surface area contributed by atoms with Gasteiger partial charge in [0.15, 0.2) is 6.10 Å². The summed E-state index contributed by atoms with van der Waals surface area (Å²) < 4.78 is 16.9. The predicted molar refractivity (Wildman–Crippen MR) is 284 cm³/mol. The van der Waals surface area contributed by atoms with Crippen molar-refractivity contribution < 1.29 is 28.6 Å². The van der Waals surface area contributed by atoms with E-state index in [0.29, 0.717) is 19.3 Å². The van der Waals surface area contributed by atoms with Crippen LogP contribution < -0.4 is 0 Å². The number of ether oxygens (including phenoxy) is 3. The summed E-state index contributed by atoms with van der Waals surface area (Å²) >= 11 is 0. The van der Waals surface area contributed by atoms with E-state index >= 15 is 0 Å². The second-order valence-corrected chi connectivity index (χ2v) is 21.6. The zero-order valence-electron chi connectivity index (χ0n) is 45.5. The monoisotopic (exact) mass is 933 g/mol. The Balaban J connectivity index is 4.27. The van der Waals surface area contributed by atoms with Gasteiger partial charge in [-0.25, -0.2) is 0 Å². The fourth-order valence-electron chi connectivity index (χ4n) is 9.11. The molecule has 0 fully saturated rings. The molecule has 0 N–H and O–H groups in total. The Kier molecular flexibility index (Phi) is 50.0. The Morgan fingerprint density at radius 2 is 0.530 bits per heavy atom. The van der Waals surface area contributed by atoms with E-state index in [4.69, 9.17) is 14.2 Å². The number of esters is 3. The molecule has 0 aromatic rings. The van der Waals surface area contributed by atoms with Crippen LogP contribution in [0.3, 0.4) is 0 Å². The number of hydrogen-bond acceptors (Lipinski definition) is 6. The number of hydrogen-bond donors (Lipinski definition) is 0. The Morgan fingerprint density at radius 3 is 0.788 bits per heavy atom. The first-order valence-corrected chi connectivity index (χ1v) is 29.7. The number of carbonyl (C=O) groups excluding carboxylic acids is 3. The Labute approximate surface area is 412 Å². The molecule has 0 saturated heterocycles. The SMILES string of the molecule is CCC(C)CCCCCCCCCCCCCCCCC(=O)OC[C@@H](COC(=O)CCCCCCCCCCCCCCCCCC(C)C)OC(=O)CCCCCCCCCCC(C)CC. The minimum atomic E-state index is -0.764. The maximum atomic E-state index is 12.8. The van der Waals surface area contributed by atoms with Crippen molar-refractivity contribution in [1.82, 2.24) is 0 Å². The van der Waals surface area contributed by atoms with Gasteiger partial charge in [0, 0.05) is 19.3 Å². The minimum Gasteiger partial charge on any atom is -0.462 e. The van der Waals surface area contributed by atoms with E-state index in [1.807, 2.05) is 0 Å². The summed E-state index contributed by atoms with van der Waals surface area (Å²) in [4.78, 5) is 38.2. The summed E-state index contributed by atoms with van der Waals surface area (Å²) in [6.45, 7) is 13.8. The van der Waals surface area contributed by atoms with Crippen molar-refractivity contribution in [2.75, 3.05) is 13.2 Å². The van der Waals surface area contributed by atoms with Crippen LogP contribution in [0.4, 0.5) is 0 Å². The van der Waals surface area contributed by atoms with E-state index in [9.17, 15) is 14.4 Å². The smallest absolute Gasteiger partial charge is 0.306 e. The number of unbranched alkanes of at least 4 members (excludes halogenated alkanes) is 34. The van der Waals surface area contributed by atoms with E-state index in [2.05, 4.69) is 41.5 Å². The van der Waals surface area contributed by atoms with Gasteiger partial charge in [-0.15, -0.1) is 0 Å². The normalized spacial score (nSPS) is 13.0. The van der Waals surface area contributed by atoms with E-state index in [0.717, 1.165) is 75.5 Å². The van der Waals surface area contributed by atoms with Gasteiger partial charge >= 0.3 is 17.9 Å². The quantitative estimate of drug-likeness (QED) is 0.0343. The molecule has 0 spiro atoms. The topological polar surface area (TPSA) is 78.9 Å². The van der Waals surface area contributed by atoms with Gasteiger partial charge in [-0.3, -0.25) is 14.4 Å². The highest BCUT2D eigenvalue weighted by atomic mass is 16.6. The van der Waals surface area contributed by atoms with Crippen LogP contribution in [0.2, 0.25) is 0 Å². The number of rotatable bonds is 53. The molecule has 0 heterocycles. The zero-order chi connectivity index (χ0) is 48.4. The third kappa shape index (κ3) is 50.3. The molecule has 0 amide bonds. The molecule has 0 aliphatic rings. The second kappa shape index (κ2) is 51.3. The summed E-state index contributed by atoms with van der Waals surface area (Å²) in [7, 11) is 0. The third-order valence-corrected chi connectivity index (χ3v) is 14.4. The van der Waals surface area contributed by atoms with Crippen LogP contribution >= 0.6 is 0 Å². The molecule has 0 rings (SSSR count). The van der Waals surface area contributed by atoms with Crippen LogP contribution in [0.25, 0.3) is 0 Å². The van der Waals surface area contributed by atoms with Gasteiger partial charge in [-0.2, -0.15) is 0 Å². The maximum absolute atomic E-state index is 12.8. The highest BCUT2D eigenvalue weighted by molar-refractivity contribution is 5.71. The lowest BCUT2D eigenvalue weighted by molar-refractivity contribution is -0.167. The van der Waals surface area contributed by atoms with Gasteiger partial charge in [0.25, 0.3) is 0 Å². The van der Waals surface area contributed by atoms with Crippen LogP contribution in [-0.4, -0.2) is 37.2 Å². The molecule has 0 aliphatic carbocycles. The van der Waals surface area contributed by atoms with Crippen molar-refractivity contribution in [2.24, 2.45) is 17.8 Å². The van der Waals surface area contributed by atoms with Gasteiger partial charge in [-0.1, -0.05) is 292 Å². The minimum absolute atomic E-state index is 0.0638. The molecule has 0 aromatic carbocycles.